The highest BCUT2D eigenvalue weighted by atomic mass is 35.5. The van der Waals surface area contributed by atoms with E-state index in [0.717, 1.165) is 43.1 Å². The van der Waals surface area contributed by atoms with Crippen LogP contribution >= 0.6 is 11.6 Å². The van der Waals surface area contributed by atoms with Gasteiger partial charge in [0.05, 0.1) is 12.0 Å². The van der Waals surface area contributed by atoms with Crippen molar-refractivity contribution in [2.45, 2.75) is 77.8 Å². The quantitative estimate of drug-likeness (QED) is 0.457. The van der Waals surface area contributed by atoms with Crippen LogP contribution in [0.3, 0.4) is 0 Å². The Morgan fingerprint density at radius 1 is 0.923 bits per heavy atom. The summed E-state index contributed by atoms with van der Waals surface area (Å²) in [7, 11) is 0. The summed E-state index contributed by atoms with van der Waals surface area (Å²) in [6.45, 7) is 11.1. The fourth-order valence-electron chi connectivity index (χ4n) is 6.77. The molecule has 0 bridgehead atoms. The highest BCUT2D eigenvalue weighted by molar-refractivity contribution is 6.30. The number of nitrogens with zero attached hydrogens (tertiary/aromatic N) is 4. The molecular weight excluding hydrogens is 508 g/mol. The van der Waals surface area contributed by atoms with Gasteiger partial charge in [-0.15, -0.1) is 0 Å². The lowest BCUT2D eigenvalue weighted by Crippen LogP contribution is -2.53. The Balaban J connectivity index is 1.36. The van der Waals surface area contributed by atoms with E-state index < -0.39 is 5.41 Å². The van der Waals surface area contributed by atoms with Crippen LogP contribution in [0.15, 0.2) is 48.7 Å². The number of amides is 2. The first-order chi connectivity index (χ1) is 18.6. The fourth-order valence-corrected chi connectivity index (χ4v) is 6.90. The number of anilines is 1. The van der Waals surface area contributed by atoms with Crippen LogP contribution in [0.5, 0.6) is 0 Å². The van der Waals surface area contributed by atoms with Gasteiger partial charge in [0.15, 0.2) is 0 Å². The first-order valence-electron chi connectivity index (χ1n) is 14.6. The largest absolute Gasteiger partial charge is 0.355 e. The summed E-state index contributed by atoms with van der Waals surface area (Å²) in [5.74, 6) is 1.93. The minimum absolute atomic E-state index is 0.0583. The second-order valence-corrected chi connectivity index (χ2v) is 13.4. The van der Waals surface area contributed by atoms with E-state index in [-0.39, 0.29) is 35.7 Å². The van der Waals surface area contributed by atoms with Gasteiger partial charge < -0.3 is 14.7 Å². The number of halogens is 1. The standard InChI is InChI=1S/C32H43ClN4O2/c1-22-8-14-25(15-9-22)37(31(39)32(2,3)4)26-16-18-35(19-26)30(38)28-21-36(29-7-5-6-17-34-29)20-27(28)23-10-12-24(33)13-11-23/h5-7,10-13,17,22,25-28H,8-9,14-16,18-21H2,1-4H3/t22?,25?,26-,27-,28-/m0/s1. The summed E-state index contributed by atoms with van der Waals surface area (Å²) in [5, 5.41) is 0.698. The second-order valence-electron chi connectivity index (χ2n) is 13.0. The van der Waals surface area contributed by atoms with Crippen molar-refractivity contribution in [2.75, 3.05) is 31.1 Å². The second kappa shape index (κ2) is 11.5. The minimum atomic E-state index is -0.436. The molecule has 7 heteroatoms. The number of rotatable bonds is 5. The Kier molecular flexibility index (Phi) is 8.23. The van der Waals surface area contributed by atoms with Gasteiger partial charge in [0.1, 0.15) is 5.82 Å². The van der Waals surface area contributed by atoms with Crippen molar-refractivity contribution in [1.29, 1.82) is 0 Å². The van der Waals surface area contributed by atoms with Crippen molar-refractivity contribution in [1.82, 2.24) is 14.8 Å². The zero-order chi connectivity index (χ0) is 27.7. The number of aromatic nitrogens is 1. The van der Waals surface area contributed by atoms with Crippen LogP contribution < -0.4 is 4.90 Å². The molecule has 0 spiro atoms. The lowest BCUT2D eigenvalue weighted by molar-refractivity contribution is -0.146. The van der Waals surface area contributed by atoms with E-state index in [1.807, 2.05) is 56.0 Å². The maximum Gasteiger partial charge on any atom is 0.228 e. The SMILES string of the molecule is CC1CCC(N(C(=O)C(C)(C)C)[C@H]2CCN(C(=O)[C@H]3CN(c4ccccn4)C[C@H]3c3ccc(Cl)cc3)C2)CC1. The minimum Gasteiger partial charge on any atom is -0.355 e. The van der Waals surface area contributed by atoms with Crippen molar-refractivity contribution >= 4 is 29.2 Å². The number of pyridine rings is 1. The van der Waals surface area contributed by atoms with Gasteiger partial charge in [-0.25, -0.2) is 4.98 Å². The van der Waals surface area contributed by atoms with Crippen LogP contribution in [0.4, 0.5) is 5.82 Å². The molecule has 0 N–H and O–H groups in total. The number of hydrogen-bond donors (Lipinski definition) is 0. The Labute approximate surface area is 238 Å². The highest BCUT2D eigenvalue weighted by Crippen LogP contribution is 2.38. The molecule has 2 amide bonds. The van der Waals surface area contributed by atoms with Crippen LogP contribution in [0.1, 0.15) is 71.3 Å². The monoisotopic (exact) mass is 550 g/mol. The van der Waals surface area contributed by atoms with Gasteiger partial charge in [-0.3, -0.25) is 9.59 Å². The van der Waals surface area contributed by atoms with Crippen LogP contribution in [0.25, 0.3) is 0 Å². The third kappa shape index (κ3) is 6.11. The Hall–Kier alpha value is -2.60. The lowest BCUT2D eigenvalue weighted by Gasteiger charge is -2.42. The summed E-state index contributed by atoms with van der Waals surface area (Å²) in [5.41, 5.74) is 0.697. The van der Waals surface area contributed by atoms with E-state index in [1.165, 1.54) is 12.8 Å². The highest BCUT2D eigenvalue weighted by Gasteiger charge is 2.45. The Morgan fingerprint density at radius 2 is 1.64 bits per heavy atom. The smallest absolute Gasteiger partial charge is 0.228 e. The molecule has 1 aromatic carbocycles. The first kappa shape index (κ1) is 27.9. The third-order valence-electron chi connectivity index (χ3n) is 9.03. The molecule has 0 unspecified atom stereocenters. The van der Waals surface area contributed by atoms with Crippen molar-refractivity contribution < 1.29 is 9.59 Å². The van der Waals surface area contributed by atoms with E-state index in [1.54, 1.807) is 6.20 Å². The van der Waals surface area contributed by atoms with Gasteiger partial charge in [0.2, 0.25) is 11.8 Å². The molecule has 2 aromatic rings. The van der Waals surface area contributed by atoms with Crippen LogP contribution in [-0.4, -0.2) is 64.9 Å². The van der Waals surface area contributed by atoms with Gasteiger partial charge in [-0.1, -0.05) is 57.5 Å². The first-order valence-corrected chi connectivity index (χ1v) is 15.0. The van der Waals surface area contributed by atoms with E-state index >= 15 is 0 Å². The number of carbonyl (C=O) groups is 2. The average Bonchev–Trinajstić information content (AvgIpc) is 3.58. The van der Waals surface area contributed by atoms with Crippen LogP contribution in [0.2, 0.25) is 5.02 Å². The molecule has 39 heavy (non-hydrogen) atoms. The number of carbonyl (C=O) groups excluding carboxylic acids is 2. The lowest BCUT2D eigenvalue weighted by atomic mass is 9.84. The molecule has 6 nitrogen and oxygen atoms in total. The van der Waals surface area contributed by atoms with Crippen molar-refractivity contribution in [3.05, 3.63) is 59.2 Å². The molecule has 1 aromatic heterocycles. The molecule has 3 aliphatic rings. The zero-order valence-electron chi connectivity index (χ0n) is 23.9. The van der Waals surface area contributed by atoms with Crippen molar-refractivity contribution in [2.24, 2.45) is 17.3 Å². The molecule has 3 fully saturated rings. The van der Waals surface area contributed by atoms with Gasteiger partial charge in [0, 0.05) is 54.8 Å². The molecule has 2 aliphatic heterocycles. The molecule has 1 aliphatic carbocycles. The van der Waals surface area contributed by atoms with Gasteiger partial charge >= 0.3 is 0 Å². The fraction of sp³-hybridized carbons (Fsp3) is 0.594. The number of likely N-dealkylation sites (tertiary alicyclic amines) is 1. The molecule has 210 valence electrons. The summed E-state index contributed by atoms with van der Waals surface area (Å²) in [4.78, 5) is 38.9. The molecule has 1 saturated carbocycles. The molecule has 0 radical (unpaired) electrons. The maximum absolute atomic E-state index is 14.2. The molecule has 2 saturated heterocycles. The predicted octanol–water partition coefficient (Wildman–Crippen LogP) is 6.01. The van der Waals surface area contributed by atoms with Crippen LogP contribution in [-0.2, 0) is 9.59 Å². The molecule has 5 rings (SSSR count). The summed E-state index contributed by atoms with van der Waals surface area (Å²) in [6, 6.07) is 14.2. The Morgan fingerprint density at radius 3 is 2.28 bits per heavy atom. The van der Waals surface area contributed by atoms with Gasteiger partial charge in [0.25, 0.3) is 0 Å². The van der Waals surface area contributed by atoms with Crippen molar-refractivity contribution in [3.63, 3.8) is 0 Å². The van der Waals surface area contributed by atoms with E-state index in [0.29, 0.717) is 24.7 Å². The maximum atomic E-state index is 14.2. The van der Waals surface area contributed by atoms with Gasteiger partial charge in [-0.05, 0) is 67.9 Å². The summed E-state index contributed by atoms with van der Waals surface area (Å²) >= 11 is 6.19. The van der Waals surface area contributed by atoms with Gasteiger partial charge in [-0.2, -0.15) is 0 Å². The van der Waals surface area contributed by atoms with E-state index in [4.69, 9.17) is 11.6 Å². The molecular formula is C32H43ClN4O2. The average molecular weight is 551 g/mol. The van der Waals surface area contributed by atoms with Crippen LogP contribution in [0, 0.1) is 17.3 Å². The summed E-state index contributed by atoms with van der Waals surface area (Å²) in [6.07, 6.45) is 7.12. The summed E-state index contributed by atoms with van der Waals surface area (Å²) < 4.78 is 0. The topological polar surface area (TPSA) is 56.8 Å². The van der Waals surface area contributed by atoms with E-state index in [2.05, 4.69) is 33.8 Å². The molecule has 3 atom stereocenters. The number of benzene rings is 1. The zero-order valence-corrected chi connectivity index (χ0v) is 24.6. The predicted molar refractivity (Wildman–Crippen MR) is 157 cm³/mol. The third-order valence-corrected chi connectivity index (χ3v) is 9.28. The van der Waals surface area contributed by atoms with Crippen molar-refractivity contribution in [3.8, 4) is 0 Å². The Bertz CT molecular complexity index is 1140. The molecule has 3 heterocycles. The van der Waals surface area contributed by atoms with E-state index in [9.17, 15) is 9.59 Å². The normalized spacial score (nSPS) is 27.6. The number of hydrogen-bond acceptors (Lipinski definition) is 4.